The first kappa shape index (κ1) is 14.3. The van der Waals surface area contributed by atoms with Gasteiger partial charge in [-0.1, -0.05) is 0 Å². The molecule has 0 spiro atoms. The van der Waals surface area contributed by atoms with Gasteiger partial charge in [-0.25, -0.2) is 0 Å². The lowest BCUT2D eigenvalue weighted by Gasteiger charge is -2.37. The van der Waals surface area contributed by atoms with E-state index in [0.717, 1.165) is 12.8 Å². The van der Waals surface area contributed by atoms with E-state index in [0.29, 0.717) is 19.1 Å². The second-order valence-electron chi connectivity index (χ2n) is 5.50. The van der Waals surface area contributed by atoms with Gasteiger partial charge in [0, 0.05) is 19.1 Å². The average molecular weight is 269 g/mol. The molecule has 2 heterocycles. The predicted octanol–water partition coefficient (Wildman–Crippen LogP) is -0.125. The summed E-state index contributed by atoms with van der Waals surface area (Å²) in [6.45, 7) is 3.76. The highest BCUT2D eigenvalue weighted by molar-refractivity contribution is 5.86. The van der Waals surface area contributed by atoms with Crippen LogP contribution < -0.4 is 5.73 Å². The monoisotopic (exact) mass is 269 g/mol. The van der Waals surface area contributed by atoms with Crippen LogP contribution in [0.15, 0.2) is 0 Å². The summed E-state index contributed by atoms with van der Waals surface area (Å²) in [5.41, 5.74) is 5.62. The van der Waals surface area contributed by atoms with E-state index < -0.39 is 12.0 Å². The lowest BCUT2D eigenvalue weighted by atomic mass is 10.0. The molecule has 1 unspecified atom stereocenters. The number of nitrogens with zero attached hydrogens (tertiary/aromatic N) is 2. The second kappa shape index (κ2) is 6.34. The Bertz CT molecular complexity index is 334. The number of aliphatic carboxylic acids is 1. The smallest absolute Gasteiger partial charge is 0.305 e. The Morgan fingerprint density at radius 2 is 1.74 bits per heavy atom. The Morgan fingerprint density at radius 3 is 2.26 bits per heavy atom. The van der Waals surface area contributed by atoms with Crippen molar-refractivity contribution in [2.45, 2.75) is 44.2 Å². The fraction of sp³-hybridized carbons (Fsp3) is 0.846. The maximum Gasteiger partial charge on any atom is 0.305 e. The molecule has 1 amide bonds. The van der Waals surface area contributed by atoms with Gasteiger partial charge in [0.25, 0.3) is 0 Å². The van der Waals surface area contributed by atoms with E-state index in [1.54, 1.807) is 4.90 Å². The zero-order valence-corrected chi connectivity index (χ0v) is 11.3. The van der Waals surface area contributed by atoms with Crippen molar-refractivity contribution in [2.24, 2.45) is 5.73 Å². The molecule has 6 heteroatoms. The molecule has 19 heavy (non-hydrogen) atoms. The summed E-state index contributed by atoms with van der Waals surface area (Å²) in [6, 6.07) is -0.317. The van der Waals surface area contributed by atoms with Crippen molar-refractivity contribution < 1.29 is 14.7 Å². The van der Waals surface area contributed by atoms with Gasteiger partial charge in [-0.15, -0.1) is 0 Å². The van der Waals surface area contributed by atoms with Crippen LogP contribution in [-0.4, -0.2) is 65.0 Å². The van der Waals surface area contributed by atoms with Crippen molar-refractivity contribution in [2.75, 3.05) is 26.2 Å². The highest BCUT2D eigenvalue weighted by Crippen LogP contribution is 2.21. The van der Waals surface area contributed by atoms with Crippen LogP contribution >= 0.6 is 0 Å². The van der Waals surface area contributed by atoms with Crippen molar-refractivity contribution in [1.82, 2.24) is 9.80 Å². The van der Waals surface area contributed by atoms with E-state index in [1.165, 1.54) is 25.9 Å². The summed E-state index contributed by atoms with van der Waals surface area (Å²) in [6.07, 6.45) is 4.23. The Hall–Kier alpha value is -1.14. The summed E-state index contributed by atoms with van der Waals surface area (Å²) in [7, 11) is 0. The van der Waals surface area contributed by atoms with Gasteiger partial charge in [-0.05, 0) is 38.8 Å². The molecule has 108 valence electrons. The number of rotatable bonds is 4. The highest BCUT2D eigenvalue weighted by atomic mass is 16.4. The maximum atomic E-state index is 12.0. The maximum absolute atomic E-state index is 12.0. The predicted molar refractivity (Wildman–Crippen MR) is 70.6 cm³/mol. The number of nitrogens with two attached hydrogens (primary N) is 1. The largest absolute Gasteiger partial charge is 0.481 e. The molecule has 2 fully saturated rings. The molecule has 6 nitrogen and oxygen atoms in total. The third-order valence-electron chi connectivity index (χ3n) is 4.14. The van der Waals surface area contributed by atoms with Crippen LogP contribution in [-0.2, 0) is 9.59 Å². The summed E-state index contributed by atoms with van der Waals surface area (Å²) in [5.74, 6) is -1.24. The van der Waals surface area contributed by atoms with Gasteiger partial charge in [0.2, 0.25) is 5.91 Å². The molecule has 0 aromatic heterocycles. The van der Waals surface area contributed by atoms with E-state index in [9.17, 15) is 9.59 Å². The molecule has 2 rings (SSSR count). The van der Waals surface area contributed by atoms with Crippen molar-refractivity contribution in [3.63, 3.8) is 0 Å². The van der Waals surface area contributed by atoms with E-state index >= 15 is 0 Å². The molecule has 0 aromatic rings. The minimum absolute atomic E-state index is 0.220. The van der Waals surface area contributed by atoms with Crippen LogP contribution in [0.3, 0.4) is 0 Å². The molecule has 3 N–H and O–H groups in total. The van der Waals surface area contributed by atoms with Crippen molar-refractivity contribution in [3.8, 4) is 0 Å². The van der Waals surface area contributed by atoms with E-state index in [1.807, 2.05) is 0 Å². The van der Waals surface area contributed by atoms with E-state index in [-0.39, 0.29) is 12.3 Å². The molecule has 0 saturated carbocycles. The lowest BCUT2D eigenvalue weighted by Crippen LogP contribution is -2.51. The first-order chi connectivity index (χ1) is 9.08. The number of amides is 1. The number of hydrogen-bond donors (Lipinski definition) is 2. The Kier molecular flexibility index (Phi) is 4.76. The number of hydrogen-bond acceptors (Lipinski definition) is 4. The molecule has 0 aliphatic carbocycles. The Labute approximate surface area is 113 Å². The SMILES string of the molecule is NC(CC(=O)O)C(=O)N1CCC(N2CCCC2)CC1. The molecule has 0 bridgehead atoms. The number of likely N-dealkylation sites (tertiary alicyclic amines) is 2. The van der Waals surface area contributed by atoms with Crippen LogP contribution in [0.5, 0.6) is 0 Å². The molecule has 2 aliphatic heterocycles. The van der Waals surface area contributed by atoms with Crippen LogP contribution in [0, 0.1) is 0 Å². The fourth-order valence-electron chi connectivity index (χ4n) is 3.07. The summed E-state index contributed by atoms with van der Waals surface area (Å²) in [4.78, 5) is 26.8. The third kappa shape index (κ3) is 3.67. The van der Waals surface area contributed by atoms with Crippen molar-refractivity contribution in [3.05, 3.63) is 0 Å². The summed E-state index contributed by atoms with van der Waals surface area (Å²) >= 11 is 0. The van der Waals surface area contributed by atoms with Gasteiger partial charge in [-0.3, -0.25) is 9.59 Å². The van der Waals surface area contributed by atoms with E-state index in [2.05, 4.69) is 4.90 Å². The van der Waals surface area contributed by atoms with E-state index in [4.69, 9.17) is 10.8 Å². The molecule has 1 atom stereocenters. The van der Waals surface area contributed by atoms with Gasteiger partial charge in [0.1, 0.15) is 0 Å². The quantitative estimate of drug-likeness (QED) is 0.742. The van der Waals surface area contributed by atoms with Gasteiger partial charge >= 0.3 is 5.97 Å². The average Bonchev–Trinajstić information content (AvgIpc) is 2.91. The standard InChI is InChI=1S/C13H23N3O3/c14-11(9-12(17)18)13(19)16-7-3-10(4-8-16)15-5-1-2-6-15/h10-11H,1-9,14H2,(H,17,18). The van der Waals surface area contributed by atoms with Crippen LogP contribution in [0.25, 0.3) is 0 Å². The normalized spacial score (nSPS) is 23.5. The molecular formula is C13H23N3O3. The number of carbonyl (C=O) groups excluding carboxylic acids is 1. The second-order valence-corrected chi connectivity index (χ2v) is 5.50. The zero-order chi connectivity index (χ0) is 13.8. The molecular weight excluding hydrogens is 246 g/mol. The van der Waals surface area contributed by atoms with Gasteiger partial charge in [-0.2, -0.15) is 0 Å². The molecule has 0 radical (unpaired) electrons. The number of carboxylic acids is 1. The Morgan fingerprint density at radius 1 is 1.16 bits per heavy atom. The minimum atomic E-state index is -1.02. The number of piperidine rings is 1. The Balaban J connectivity index is 1.78. The summed E-state index contributed by atoms with van der Waals surface area (Å²) < 4.78 is 0. The van der Waals surface area contributed by atoms with Crippen LogP contribution in [0.2, 0.25) is 0 Å². The zero-order valence-electron chi connectivity index (χ0n) is 11.3. The van der Waals surface area contributed by atoms with Crippen LogP contribution in [0.4, 0.5) is 0 Å². The highest BCUT2D eigenvalue weighted by Gasteiger charge is 2.30. The van der Waals surface area contributed by atoms with Gasteiger partial charge in [0.15, 0.2) is 0 Å². The first-order valence-electron chi connectivity index (χ1n) is 7.08. The molecule has 2 aliphatic rings. The number of carbonyl (C=O) groups is 2. The summed E-state index contributed by atoms with van der Waals surface area (Å²) in [5, 5.41) is 8.66. The van der Waals surface area contributed by atoms with Gasteiger partial charge in [0.05, 0.1) is 12.5 Å². The molecule has 0 aromatic carbocycles. The first-order valence-corrected chi connectivity index (χ1v) is 7.08. The fourth-order valence-corrected chi connectivity index (χ4v) is 3.07. The third-order valence-corrected chi connectivity index (χ3v) is 4.14. The van der Waals surface area contributed by atoms with Crippen molar-refractivity contribution in [1.29, 1.82) is 0 Å². The van der Waals surface area contributed by atoms with Crippen LogP contribution in [0.1, 0.15) is 32.1 Å². The minimum Gasteiger partial charge on any atom is -0.481 e. The molecule has 2 saturated heterocycles. The lowest BCUT2D eigenvalue weighted by molar-refractivity contribution is -0.142. The van der Waals surface area contributed by atoms with Crippen molar-refractivity contribution >= 4 is 11.9 Å². The topological polar surface area (TPSA) is 86.9 Å². The number of carboxylic acid groups (broad SMARTS) is 1. The van der Waals surface area contributed by atoms with Gasteiger partial charge < -0.3 is 20.6 Å².